The molecule has 0 aliphatic heterocycles. The van der Waals surface area contributed by atoms with Crippen LogP contribution in [0.2, 0.25) is 0 Å². The van der Waals surface area contributed by atoms with E-state index in [1.54, 1.807) is 6.92 Å². The summed E-state index contributed by atoms with van der Waals surface area (Å²) in [4.78, 5) is 11.8. The molecule has 5 nitrogen and oxygen atoms in total. The Hall–Kier alpha value is -1.52. The molecule has 5 heteroatoms. The van der Waals surface area contributed by atoms with Crippen LogP contribution in [0.4, 0.5) is 5.82 Å². The Balaban J connectivity index is 2.27. The smallest absolute Gasteiger partial charge is 0.343 e. The third-order valence-corrected chi connectivity index (χ3v) is 3.52. The van der Waals surface area contributed by atoms with Crippen molar-refractivity contribution in [1.82, 2.24) is 9.78 Å². The highest BCUT2D eigenvalue weighted by atomic mass is 16.5. The van der Waals surface area contributed by atoms with Crippen molar-refractivity contribution in [2.75, 3.05) is 12.3 Å². The summed E-state index contributed by atoms with van der Waals surface area (Å²) in [5.41, 5.74) is 7.16. The number of ether oxygens (including phenoxy) is 1. The minimum atomic E-state index is -0.366. The molecule has 1 saturated carbocycles. The predicted molar refractivity (Wildman–Crippen MR) is 69.5 cm³/mol. The molecule has 1 fully saturated rings. The lowest BCUT2D eigenvalue weighted by Gasteiger charge is -2.22. The average Bonchev–Trinajstić information content (AvgIpc) is 2.66. The minimum absolute atomic E-state index is 0.334. The van der Waals surface area contributed by atoms with Crippen LogP contribution in [-0.2, 0) is 4.74 Å². The Morgan fingerprint density at radius 2 is 2.11 bits per heavy atom. The number of nitrogens with two attached hydrogens (primary N) is 1. The summed E-state index contributed by atoms with van der Waals surface area (Å²) in [6, 6.07) is 0.334. The van der Waals surface area contributed by atoms with E-state index < -0.39 is 0 Å². The van der Waals surface area contributed by atoms with Gasteiger partial charge in [-0.2, -0.15) is 5.10 Å². The van der Waals surface area contributed by atoms with Crippen molar-refractivity contribution in [2.24, 2.45) is 0 Å². The van der Waals surface area contributed by atoms with Crippen molar-refractivity contribution in [1.29, 1.82) is 0 Å². The number of hydrogen-bond acceptors (Lipinski definition) is 4. The number of nitrogen functional groups attached to an aromatic ring is 1. The first kappa shape index (κ1) is 12.9. The highest BCUT2D eigenvalue weighted by Gasteiger charge is 2.25. The molecule has 1 aliphatic rings. The lowest BCUT2D eigenvalue weighted by atomic mass is 9.96. The van der Waals surface area contributed by atoms with Crippen molar-refractivity contribution in [3.05, 3.63) is 11.3 Å². The van der Waals surface area contributed by atoms with Gasteiger partial charge in [-0.3, -0.25) is 0 Å². The molecule has 2 rings (SSSR count). The topological polar surface area (TPSA) is 70.1 Å². The van der Waals surface area contributed by atoms with Gasteiger partial charge in [-0.05, 0) is 26.7 Å². The van der Waals surface area contributed by atoms with Crippen LogP contribution in [0.15, 0.2) is 0 Å². The highest BCUT2D eigenvalue weighted by molar-refractivity contribution is 5.95. The van der Waals surface area contributed by atoms with Gasteiger partial charge in [0.15, 0.2) is 0 Å². The SMILES string of the molecule is CCOC(=O)c1c(C)nn(C2CCCCC2)c1N. The summed E-state index contributed by atoms with van der Waals surface area (Å²) < 4.78 is 6.84. The van der Waals surface area contributed by atoms with Gasteiger partial charge >= 0.3 is 5.97 Å². The number of aromatic nitrogens is 2. The van der Waals surface area contributed by atoms with Crippen LogP contribution in [0.3, 0.4) is 0 Å². The van der Waals surface area contributed by atoms with Gasteiger partial charge in [0.1, 0.15) is 11.4 Å². The Labute approximate surface area is 107 Å². The zero-order valence-electron chi connectivity index (χ0n) is 11.1. The molecule has 0 spiro atoms. The summed E-state index contributed by atoms with van der Waals surface area (Å²) in [5.74, 6) is 0.0902. The molecule has 0 radical (unpaired) electrons. The number of rotatable bonds is 3. The summed E-state index contributed by atoms with van der Waals surface area (Å²) in [6.45, 7) is 3.95. The molecule has 0 atom stereocenters. The van der Waals surface area contributed by atoms with Crippen LogP contribution in [0.25, 0.3) is 0 Å². The number of hydrogen-bond donors (Lipinski definition) is 1. The molecule has 1 aromatic rings. The van der Waals surface area contributed by atoms with E-state index in [4.69, 9.17) is 10.5 Å². The number of carbonyl (C=O) groups excluding carboxylic acids is 1. The van der Waals surface area contributed by atoms with E-state index in [9.17, 15) is 4.79 Å². The van der Waals surface area contributed by atoms with Gasteiger partial charge in [-0.25, -0.2) is 9.48 Å². The van der Waals surface area contributed by atoms with Gasteiger partial charge in [0.25, 0.3) is 0 Å². The molecule has 1 aromatic heterocycles. The van der Waals surface area contributed by atoms with E-state index in [-0.39, 0.29) is 5.97 Å². The maximum absolute atomic E-state index is 11.8. The van der Waals surface area contributed by atoms with Crippen molar-refractivity contribution in [3.8, 4) is 0 Å². The van der Waals surface area contributed by atoms with Crippen LogP contribution < -0.4 is 5.73 Å². The first-order chi connectivity index (χ1) is 8.65. The van der Waals surface area contributed by atoms with Crippen LogP contribution in [-0.4, -0.2) is 22.4 Å². The molecule has 0 bridgehead atoms. The molecular formula is C13H21N3O2. The standard InChI is InChI=1S/C13H21N3O2/c1-3-18-13(17)11-9(2)15-16(12(11)14)10-7-5-4-6-8-10/h10H,3-8,14H2,1-2H3. The van der Waals surface area contributed by atoms with Gasteiger partial charge < -0.3 is 10.5 Å². The normalized spacial score (nSPS) is 16.8. The van der Waals surface area contributed by atoms with E-state index >= 15 is 0 Å². The van der Waals surface area contributed by atoms with Gasteiger partial charge in [-0.1, -0.05) is 19.3 Å². The first-order valence-corrected chi connectivity index (χ1v) is 6.66. The number of nitrogens with zero attached hydrogens (tertiary/aromatic N) is 2. The molecule has 0 saturated heterocycles. The van der Waals surface area contributed by atoms with Crippen LogP contribution >= 0.6 is 0 Å². The Bertz CT molecular complexity index is 434. The van der Waals surface area contributed by atoms with E-state index in [1.807, 2.05) is 11.6 Å². The zero-order valence-corrected chi connectivity index (χ0v) is 11.1. The summed E-state index contributed by atoms with van der Waals surface area (Å²) in [6.07, 6.45) is 5.87. The monoisotopic (exact) mass is 251 g/mol. The molecule has 1 aliphatic carbocycles. The lowest BCUT2D eigenvalue weighted by molar-refractivity contribution is 0.0526. The Kier molecular flexibility index (Phi) is 3.89. The first-order valence-electron chi connectivity index (χ1n) is 6.66. The molecule has 0 aromatic carbocycles. The fourth-order valence-corrected chi connectivity index (χ4v) is 2.62. The molecule has 0 unspecified atom stereocenters. The summed E-state index contributed by atoms with van der Waals surface area (Å²) in [7, 11) is 0. The van der Waals surface area contributed by atoms with Crippen LogP contribution in [0, 0.1) is 6.92 Å². The van der Waals surface area contributed by atoms with Gasteiger partial charge in [-0.15, -0.1) is 0 Å². The second-order valence-corrected chi connectivity index (χ2v) is 4.80. The zero-order chi connectivity index (χ0) is 13.1. The van der Waals surface area contributed by atoms with Gasteiger partial charge in [0.05, 0.1) is 18.3 Å². The summed E-state index contributed by atoms with van der Waals surface area (Å²) >= 11 is 0. The second kappa shape index (κ2) is 5.42. The number of aryl methyl sites for hydroxylation is 1. The van der Waals surface area contributed by atoms with E-state index in [2.05, 4.69) is 5.10 Å². The van der Waals surface area contributed by atoms with Crippen molar-refractivity contribution < 1.29 is 9.53 Å². The maximum atomic E-state index is 11.8. The van der Waals surface area contributed by atoms with Crippen molar-refractivity contribution in [3.63, 3.8) is 0 Å². The lowest BCUT2D eigenvalue weighted by Crippen LogP contribution is -2.17. The third kappa shape index (κ3) is 2.35. The molecule has 100 valence electrons. The fourth-order valence-electron chi connectivity index (χ4n) is 2.62. The predicted octanol–water partition coefficient (Wildman–Crippen LogP) is 2.46. The number of esters is 1. The van der Waals surface area contributed by atoms with E-state index in [1.165, 1.54) is 19.3 Å². The Morgan fingerprint density at radius 3 is 2.72 bits per heavy atom. The van der Waals surface area contributed by atoms with Gasteiger partial charge in [0, 0.05) is 0 Å². The van der Waals surface area contributed by atoms with Gasteiger partial charge in [0.2, 0.25) is 0 Å². The molecular weight excluding hydrogens is 230 g/mol. The minimum Gasteiger partial charge on any atom is -0.462 e. The molecule has 0 amide bonds. The van der Waals surface area contributed by atoms with E-state index in [0.717, 1.165) is 12.8 Å². The van der Waals surface area contributed by atoms with Crippen molar-refractivity contribution >= 4 is 11.8 Å². The van der Waals surface area contributed by atoms with Crippen LogP contribution in [0.1, 0.15) is 61.1 Å². The van der Waals surface area contributed by atoms with Crippen molar-refractivity contribution in [2.45, 2.75) is 52.0 Å². The Morgan fingerprint density at radius 1 is 1.44 bits per heavy atom. The van der Waals surface area contributed by atoms with E-state index in [0.29, 0.717) is 29.7 Å². The number of carbonyl (C=O) groups is 1. The fraction of sp³-hybridized carbons (Fsp3) is 0.692. The summed E-state index contributed by atoms with van der Waals surface area (Å²) in [5, 5.41) is 4.43. The second-order valence-electron chi connectivity index (χ2n) is 4.80. The number of anilines is 1. The third-order valence-electron chi connectivity index (χ3n) is 3.52. The quantitative estimate of drug-likeness (QED) is 0.838. The largest absolute Gasteiger partial charge is 0.462 e. The maximum Gasteiger partial charge on any atom is 0.343 e. The molecule has 18 heavy (non-hydrogen) atoms. The molecule has 1 heterocycles. The average molecular weight is 251 g/mol. The van der Waals surface area contributed by atoms with Crippen LogP contribution in [0.5, 0.6) is 0 Å². The molecule has 2 N–H and O–H groups in total. The highest BCUT2D eigenvalue weighted by Crippen LogP contribution is 2.31.